The van der Waals surface area contributed by atoms with Gasteiger partial charge in [-0.2, -0.15) is 4.98 Å². The fourth-order valence-corrected chi connectivity index (χ4v) is 6.04. The summed E-state index contributed by atoms with van der Waals surface area (Å²) in [4.78, 5) is 47.8. The van der Waals surface area contributed by atoms with E-state index in [0.717, 1.165) is 38.4 Å². The van der Waals surface area contributed by atoms with Crippen molar-refractivity contribution in [2.75, 3.05) is 57.7 Å². The number of hydrogen-bond donors (Lipinski definition) is 3. The van der Waals surface area contributed by atoms with Gasteiger partial charge in [0.15, 0.2) is 0 Å². The lowest BCUT2D eigenvalue weighted by Gasteiger charge is -2.44. The molecule has 3 aliphatic rings. The number of aromatic nitrogens is 2. The molecule has 3 fully saturated rings. The molecule has 0 atom stereocenters. The third-order valence-corrected chi connectivity index (χ3v) is 8.65. The van der Waals surface area contributed by atoms with E-state index < -0.39 is 11.2 Å². The van der Waals surface area contributed by atoms with Crippen molar-refractivity contribution in [1.29, 1.82) is 0 Å². The third kappa shape index (κ3) is 6.54. The SMILES string of the molecule is CC(C)(N)C(=O)N1CCN(C(=O)Nc2ccn(-c3ccc(CN4CCC5(CCNCC5)CC4)cc3)c(=O)n2)CC1. The smallest absolute Gasteiger partial charge is 0.338 e. The molecule has 0 saturated carbocycles. The first-order valence-electron chi connectivity index (χ1n) is 14.4. The lowest BCUT2D eigenvalue weighted by atomic mass is 9.71. The van der Waals surface area contributed by atoms with Gasteiger partial charge in [-0.15, -0.1) is 0 Å². The molecule has 216 valence electrons. The molecular weight excluding hydrogens is 508 g/mol. The van der Waals surface area contributed by atoms with E-state index in [4.69, 9.17) is 5.73 Å². The summed E-state index contributed by atoms with van der Waals surface area (Å²) in [5.74, 6) is 0.0592. The van der Waals surface area contributed by atoms with Crippen LogP contribution in [0.15, 0.2) is 41.3 Å². The number of benzene rings is 1. The van der Waals surface area contributed by atoms with Gasteiger partial charge in [0, 0.05) is 38.9 Å². The number of nitrogens with one attached hydrogen (secondary N) is 2. The Morgan fingerprint density at radius 3 is 2.17 bits per heavy atom. The highest BCUT2D eigenvalue weighted by molar-refractivity contribution is 5.89. The van der Waals surface area contributed by atoms with Crippen LogP contribution in [0.5, 0.6) is 0 Å². The van der Waals surface area contributed by atoms with Crippen molar-refractivity contribution in [1.82, 2.24) is 29.6 Å². The Morgan fingerprint density at radius 1 is 0.950 bits per heavy atom. The number of amides is 3. The Kier molecular flexibility index (Phi) is 8.25. The van der Waals surface area contributed by atoms with E-state index in [1.165, 1.54) is 35.8 Å². The van der Waals surface area contributed by atoms with Crippen LogP contribution >= 0.6 is 0 Å². The normalized spacial score (nSPS) is 20.0. The molecule has 0 aliphatic carbocycles. The highest BCUT2D eigenvalue weighted by Crippen LogP contribution is 2.39. The van der Waals surface area contributed by atoms with Gasteiger partial charge in [-0.3, -0.25) is 19.6 Å². The van der Waals surface area contributed by atoms with Gasteiger partial charge in [0.05, 0.1) is 11.2 Å². The number of carbonyl (C=O) groups is 2. The van der Waals surface area contributed by atoms with Gasteiger partial charge in [-0.05, 0) is 94.9 Å². The van der Waals surface area contributed by atoms with Crippen molar-refractivity contribution < 1.29 is 9.59 Å². The second-order valence-electron chi connectivity index (χ2n) is 12.1. The second kappa shape index (κ2) is 11.7. The molecule has 0 bridgehead atoms. The molecule has 1 aromatic heterocycles. The van der Waals surface area contributed by atoms with Gasteiger partial charge >= 0.3 is 11.7 Å². The van der Waals surface area contributed by atoms with Crippen molar-refractivity contribution in [3.63, 3.8) is 0 Å². The Labute approximate surface area is 235 Å². The van der Waals surface area contributed by atoms with Crippen molar-refractivity contribution in [2.24, 2.45) is 11.1 Å². The third-order valence-electron chi connectivity index (χ3n) is 8.65. The summed E-state index contributed by atoms with van der Waals surface area (Å²) in [7, 11) is 0. The molecule has 11 heteroatoms. The number of carbonyl (C=O) groups excluding carboxylic acids is 2. The number of urea groups is 1. The Morgan fingerprint density at radius 2 is 1.57 bits per heavy atom. The van der Waals surface area contributed by atoms with Crippen LogP contribution in [-0.2, 0) is 11.3 Å². The van der Waals surface area contributed by atoms with Crippen LogP contribution in [-0.4, -0.2) is 94.1 Å². The highest BCUT2D eigenvalue weighted by atomic mass is 16.2. The number of hydrogen-bond acceptors (Lipinski definition) is 7. The van der Waals surface area contributed by atoms with Gasteiger partial charge in [-0.25, -0.2) is 9.59 Å². The quantitative estimate of drug-likeness (QED) is 0.516. The molecule has 0 radical (unpaired) electrons. The molecule has 11 nitrogen and oxygen atoms in total. The summed E-state index contributed by atoms with van der Waals surface area (Å²) < 4.78 is 1.47. The second-order valence-corrected chi connectivity index (χ2v) is 12.1. The largest absolute Gasteiger partial charge is 0.354 e. The van der Waals surface area contributed by atoms with Crippen LogP contribution in [0.1, 0.15) is 45.1 Å². The van der Waals surface area contributed by atoms with Crippen LogP contribution in [0.3, 0.4) is 0 Å². The molecule has 0 unspecified atom stereocenters. The fraction of sp³-hybridized carbons (Fsp3) is 0.586. The zero-order valence-electron chi connectivity index (χ0n) is 23.7. The topological polar surface area (TPSA) is 129 Å². The van der Waals surface area contributed by atoms with E-state index in [1.807, 2.05) is 12.1 Å². The van der Waals surface area contributed by atoms with Crippen LogP contribution in [0, 0.1) is 5.41 Å². The molecule has 2 aromatic rings. The van der Waals surface area contributed by atoms with Crippen LogP contribution < -0.4 is 22.1 Å². The molecule has 1 spiro atoms. The van der Waals surface area contributed by atoms with E-state index in [9.17, 15) is 14.4 Å². The summed E-state index contributed by atoms with van der Waals surface area (Å²) in [5.41, 5.74) is 7.01. The Bertz CT molecular complexity index is 1250. The van der Waals surface area contributed by atoms with Gasteiger partial charge in [0.2, 0.25) is 5.91 Å². The van der Waals surface area contributed by atoms with Crippen molar-refractivity contribution >= 4 is 17.8 Å². The minimum absolute atomic E-state index is 0.136. The molecule has 4 N–H and O–H groups in total. The maximum Gasteiger partial charge on any atom is 0.354 e. The molecule has 3 amide bonds. The number of rotatable bonds is 5. The van der Waals surface area contributed by atoms with Gasteiger partial charge < -0.3 is 20.9 Å². The molecule has 5 rings (SSSR count). The number of piperazine rings is 1. The van der Waals surface area contributed by atoms with Crippen LogP contribution in [0.25, 0.3) is 5.69 Å². The Hall–Kier alpha value is -3.28. The van der Waals surface area contributed by atoms with E-state index in [2.05, 4.69) is 32.7 Å². The van der Waals surface area contributed by atoms with Gasteiger partial charge in [0.1, 0.15) is 5.82 Å². The predicted octanol–water partition coefficient (Wildman–Crippen LogP) is 1.61. The standard InChI is InChI=1S/C29H42N8O3/c1-28(2,30)25(38)35-17-19-36(20-18-35)26(39)32-24-7-14-37(27(40)33-24)23-5-3-22(4-6-23)21-34-15-10-29(11-16-34)8-12-31-13-9-29/h3-7,14,31H,8-13,15-21,30H2,1-2H3,(H,32,33,39,40). The molecule has 40 heavy (non-hydrogen) atoms. The summed E-state index contributed by atoms with van der Waals surface area (Å²) in [6.45, 7) is 10.4. The van der Waals surface area contributed by atoms with Crippen LogP contribution in [0.2, 0.25) is 0 Å². The van der Waals surface area contributed by atoms with E-state index in [1.54, 1.807) is 35.9 Å². The number of likely N-dealkylation sites (tertiary alicyclic amines) is 1. The molecule has 1 aromatic carbocycles. The Balaban J connectivity index is 1.13. The summed E-state index contributed by atoms with van der Waals surface area (Å²) in [6, 6.07) is 9.30. The molecule has 3 aliphatic heterocycles. The molecule has 4 heterocycles. The highest BCUT2D eigenvalue weighted by Gasteiger charge is 2.35. The zero-order chi connectivity index (χ0) is 28.3. The van der Waals surface area contributed by atoms with E-state index in [0.29, 0.717) is 31.6 Å². The van der Waals surface area contributed by atoms with Crippen molar-refractivity contribution in [2.45, 2.75) is 51.6 Å². The summed E-state index contributed by atoms with van der Waals surface area (Å²) in [5, 5.41) is 6.19. The number of anilines is 1. The van der Waals surface area contributed by atoms with E-state index >= 15 is 0 Å². The van der Waals surface area contributed by atoms with Crippen LogP contribution in [0.4, 0.5) is 10.6 Å². The van der Waals surface area contributed by atoms with E-state index in [-0.39, 0.29) is 17.8 Å². The molecular formula is C29H42N8O3. The fourth-order valence-electron chi connectivity index (χ4n) is 6.04. The maximum absolute atomic E-state index is 12.8. The maximum atomic E-state index is 12.8. The van der Waals surface area contributed by atoms with Gasteiger partial charge in [0.25, 0.3) is 0 Å². The molecule has 3 saturated heterocycles. The minimum atomic E-state index is -0.942. The first kappa shape index (κ1) is 28.3. The number of nitrogens with two attached hydrogens (primary N) is 1. The number of piperidine rings is 2. The summed E-state index contributed by atoms with van der Waals surface area (Å²) in [6.07, 6.45) is 6.78. The minimum Gasteiger partial charge on any atom is -0.338 e. The summed E-state index contributed by atoms with van der Waals surface area (Å²) >= 11 is 0. The monoisotopic (exact) mass is 550 g/mol. The lowest BCUT2D eigenvalue weighted by Crippen LogP contribution is -2.58. The van der Waals surface area contributed by atoms with Gasteiger partial charge in [-0.1, -0.05) is 12.1 Å². The first-order valence-corrected chi connectivity index (χ1v) is 14.4. The number of nitrogens with zero attached hydrogens (tertiary/aromatic N) is 5. The predicted molar refractivity (Wildman–Crippen MR) is 154 cm³/mol. The zero-order valence-corrected chi connectivity index (χ0v) is 23.7. The average molecular weight is 551 g/mol. The average Bonchev–Trinajstić information content (AvgIpc) is 2.95. The lowest BCUT2D eigenvalue weighted by molar-refractivity contribution is -0.137. The van der Waals surface area contributed by atoms with Crippen molar-refractivity contribution in [3.8, 4) is 5.69 Å². The van der Waals surface area contributed by atoms with Crippen molar-refractivity contribution in [3.05, 3.63) is 52.6 Å². The first-order chi connectivity index (χ1) is 19.1.